The molecular weight excluding hydrogens is 256 g/mol. The largest absolute Gasteiger partial charge is 0.383 e. The molecule has 1 aliphatic rings. The van der Waals surface area contributed by atoms with Crippen LogP contribution in [0, 0.1) is 0 Å². The van der Waals surface area contributed by atoms with Crippen LogP contribution in [0.3, 0.4) is 0 Å². The van der Waals surface area contributed by atoms with Crippen LogP contribution >= 0.6 is 0 Å². The highest BCUT2D eigenvalue weighted by Crippen LogP contribution is 2.35. The van der Waals surface area contributed by atoms with Crippen molar-refractivity contribution in [1.29, 1.82) is 0 Å². The third kappa shape index (κ3) is 3.21. The van der Waals surface area contributed by atoms with Crippen molar-refractivity contribution in [2.75, 3.05) is 40.6 Å². The Kier molecular flexibility index (Phi) is 4.74. The summed E-state index contributed by atoms with van der Waals surface area (Å²) in [6, 6.07) is 0. The Hall–Kier alpha value is -0.660. The van der Waals surface area contributed by atoms with Gasteiger partial charge in [-0.15, -0.1) is 0 Å². The molecule has 0 bridgehead atoms. The highest BCUT2D eigenvalue weighted by molar-refractivity contribution is 7.88. The van der Waals surface area contributed by atoms with E-state index >= 15 is 0 Å². The van der Waals surface area contributed by atoms with Crippen molar-refractivity contribution in [3.8, 4) is 0 Å². The molecule has 0 aromatic carbocycles. The first-order valence-electron chi connectivity index (χ1n) is 5.90. The van der Waals surface area contributed by atoms with E-state index in [0.29, 0.717) is 13.0 Å². The van der Waals surface area contributed by atoms with Gasteiger partial charge in [-0.3, -0.25) is 4.79 Å². The Labute approximate surface area is 109 Å². The number of carbonyl (C=O) groups is 1. The van der Waals surface area contributed by atoms with Crippen molar-refractivity contribution in [3.05, 3.63) is 0 Å². The van der Waals surface area contributed by atoms with E-state index in [2.05, 4.69) is 0 Å². The van der Waals surface area contributed by atoms with Gasteiger partial charge in [-0.1, -0.05) is 0 Å². The van der Waals surface area contributed by atoms with Gasteiger partial charge in [0, 0.05) is 34.2 Å². The molecule has 1 fully saturated rings. The number of sulfonamides is 1. The van der Waals surface area contributed by atoms with Gasteiger partial charge in [-0.25, -0.2) is 8.42 Å². The average molecular weight is 278 g/mol. The molecule has 0 spiro atoms. The van der Waals surface area contributed by atoms with Gasteiger partial charge >= 0.3 is 0 Å². The Morgan fingerprint density at radius 1 is 1.44 bits per heavy atom. The fraction of sp³-hybridized carbons (Fsp3) is 0.909. The first-order chi connectivity index (χ1) is 8.23. The second-order valence-corrected chi connectivity index (χ2v) is 6.97. The zero-order chi connectivity index (χ0) is 14.0. The highest BCUT2D eigenvalue weighted by Gasteiger charge is 2.47. The minimum atomic E-state index is -3.32. The number of ether oxygens (including phenoxy) is 1. The SMILES string of the molecule is COCC1(CC(=O)N(C)C)CCCN1S(C)(=O)=O. The van der Waals surface area contributed by atoms with Crippen molar-refractivity contribution in [1.82, 2.24) is 9.21 Å². The van der Waals surface area contributed by atoms with Crippen LogP contribution < -0.4 is 0 Å². The lowest BCUT2D eigenvalue weighted by atomic mass is 9.93. The predicted molar refractivity (Wildman–Crippen MR) is 68.7 cm³/mol. The molecule has 0 N–H and O–H groups in total. The van der Waals surface area contributed by atoms with Crippen molar-refractivity contribution >= 4 is 15.9 Å². The molecule has 7 heteroatoms. The van der Waals surface area contributed by atoms with E-state index in [0.717, 1.165) is 6.42 Å². The van der Waals surface area contributed by atoms with Gasteiger partial charge in [0.2, 0.25) is 15.9 Å². The van der Waals surface area contributed by atoms with Gasteiger partial charge in [-0.2, -0.15) is 4.31 Å². The lowest BCUT2D eigenvalue weighted by Gasteiger charge is -2.36. The van der Waals surface area contributed by atoms with Crippen LogP contribution in [0.5, 0.6) is 0 Å². The monoisotopic (exact) mass is 278 g/mol. The minimum Gasteiger partial charge on any atom is -0.383 e. The fourth-order valence-electron chi connectivity index (χ4n) is 2.51. The molecule has 0 aromatic heterocycles. The van der Waals surface area contributed by atoms with E-state index in [9.17, 15) is 13.2 Å². The molecule has 0 aliphatic carbocycles. The second kappa shape index (κ2) is 5.54. The lowest BCUT2D eigenvalue weighted by molar-refractivity contribution is -0.131. The maximum absolute atomic E-state index is 11.9. The molecule has 1 aliphatic heterocycles. The Morgan fingerprint density at radius 3 is 2.50 bits per heavy atom. The average Bonchev–Trinajstić information content (AvgIpc) is 2.61. The molecular formula is C11H22N2O4S. The van der Waals surface area contributed by atoms with E-state index in [1.165, 1.54) is 22.6 Å². The van der Waals surface area contributed by atoms with Crippen LogP contribution in [0.2, 0.25) is 0 Å². The summed E-state index contributed by atoms with van der Waals surface area (Å²) in [6.45, 7) is 0.711. The van der Waals surface area contributed by atoms with Gasteiger partial charge in [0.1, 0.15) is 0 Å². The fourth-order valence-corrected chi connectivity index (χ4v) is 3.88. The van der Waals surface area contributed by atoms with Crippen molar-refractivity contribution in [2.45, 2.75) is 24.8 Å². The molecule has 1 atom stereocenters. The summed E-state index contributed by atoms with van der Waals surface area (Å²) in [4.78, 5) is 13.4. The molecule has 1 unspecified atom stereocenters. The summed E-state index contributed by atoms with van der Waals surface area (Å²) < 4.78 is 30.2. The molecule has 0 aromatic rings. The third-order valence-electron chi connectivity index (χ3n) is 3.32. The van der Waals surface area contributed by atoms with Crippen LogP contribution in [0.4, 0.5) is 0 Å². The summed E-state index contributed by atoms with van der Waals surface area (Å²) in [5.41, 5.74) is -0.719. The minimum absolute atomic E-state index is 0.0809. The Balaban J connectivity index is 3.02. The molecule has 18 heavy (non-hydrogen) atoms. The smallest absolute Gasteiger partial charge is 0.224 e. The Bertz CT molecular complexity index is 407. The van der Waals surface area contributed by atoms with Gasteiger partial charge in [-0.05, 0) is 12.8 Å². The van der Waals surface area contributed by atoms with Crippen molar-refractivity contribution < 1.29 is 17.9 Å². The summed E-state index contributed by atoms with van der Waals surface area (Å²) in [6.07, 6.45) is 2.77. The topological polar surface area (TPSA) is 66.9 Å². The van der Waals surface area contributed by atoms with Crippen molar-refractivity contribution in [2.24, 2.45) is 0 Å². The van der Waals surface area contributed by atoms with Crippen LogP contribution in [0.25, 0.3) is 0 Å². The van der Waals surface area contributed by atoms with Crippen LogP contribution in [-0.4, -0.2) is 69.7 Å². The van der Waals surface area contributed by atoms with Crippen LogP contribution in [-0.2, 0) is 19.6 Å². The second-order valence-electron chi connectivity index (χ2n) is 5.06. The standard InChI is InChI=1S/C11H22N2O4S/c1-12(2)10(14)8-11(9-17-3)6-5-7-13(11)18(4,15)16/h5-9H2,1-4H3. The maximum Gasteiger partial charge on any atom is 0.224 e. The number of hydrogen-bond acceptors (Lipinski definition) is 4. The zero-order valence-electron chi connectivity index (χ0n) is 11.5. The third-order valence-corrected chi connectivity index (χ3v) is 4.70. The quantitative estimate of drug-likeness (QED) is 0.704. The van der Waals surface area contributed by atoms with E-state index in [4.69, 9.17) is 4.74 Å². The normalized spacial score (nSPS) is 25.3. The molecule has 1 saturated heterocycles. The lowest BCUT2D eigenvalue weighted by Crippen LogP contribution is -2.52. The summed E-state index contributed by atoms with van der Waals surface area (Å²) in [5.74, 6) is -0.0809. The summed E-state index contributed by atoms with van der Waals surface area (Å²) >= 11 is 0. The number of nitrogens with zero attached hydrogens (tertiary/aromatic N) is 2. The van der Waals surface area contributed by atoms with Crippen LogP contribution in [0.15, 0.2) is 0 Å². The molecule has 0 radical (unpaired) electrons. The van der Waals surface area contributed by atoms with E-state index < -0.39 is 15.6 Å². The number of hydrogen-bond donors (Lipinski definition) is 0. The molecule has 1 heterocycles. The van der Waals surface area contributed by atoms with E-state index in [1.54, 1.807) is 14.1 Å². The first-order valence-corrected chi connectivity index (χ1v) is 7.75. The predicted octanol–water partition coefficient (Wildman–Crippen LogP) is -0.0947. The summed E-state index contributed by atoms with van der Waals surface area (Å²) in [7, 11) is 1.55. The molecule has 6 nitrogen and oxygen atoms in total. The first kappa shape index (κ1) is 15.4. The number of carbonyl (C=O) groups excluding carboxylic acids is 1. The Morgan fingerprint density at radius 2 is 2.06 bits per heavy atom. The number of methoxy groups -OCH3 is 1. The number of amides is 1. The molecule has 0 saturated carbocycles. The van der Waals surface area contributed by atoms with E-state index in [1.807, 2.05) is 0 Å². The molecule has 1 rings (SSSR count). The van der Waals surface area contributed by atoms with Gasteiger partial charge in [0.05, 0.1) is 18.4 Å². The highest BCUT2D eigenvalue weighted by atomic mass is 32.2. The molecule has 1 amide bonds. The van der Waals surface area contributed by atoms with E-state index in [-0.39, 0.29) is 18.9 Å². The summed E-state index contributed by atoms with van der Waals surface area (Å²) in [5, 5.41) is 0. The van der Waals surface area contributed by atoms with Gasteiger partial charge in [0.15, 0.2) is 0 Å². The van der Waals surface area contributed by atoms with Crippen LogP contribution in [0.1, 0.15) is 19.3 Å². The molecule has 106 valence electrons. The van der Waals surface area contributed by atoms with Gasteiger partial charge < -0.3 is 9.64 Å². The maximum atomic E-state index is 11.9. The van der Waals surface area contributed by atoms with Gasteiger partial charge in [0.25, 0.3) is 0 Å². The zero-order valence-corrected chi connectivity index (χ0v) is 12.3. The van der Waals surface area contributed by atoms with Crippen molar-refractivity contribution in [3.63, 3.8) is 0 Å². The number of rotatable bonds is 5.